The van der Waals surface area contributed by atoms with E-state index in [1.807, 2.05) is 37.3 Å². The van der Waals surface area contributed by atoms with Gasteiger partial charge in [0.2, 0.25) is 10.0 Å². The molecule has 1 aliphatic rings. The van der Waals surface area contributed by atoms with Crippen LogP contribution in [0.5, 0.6) is 11.5 Å². The summed E-state index contributed by atoms with van der Waals surface area (Å²) in [5, 5.41) is 2.62. The highest BCUT2D eigenvalue weighted by Gasteiger charge is 2.30. The number of carbonyl (C=O) groups excluding carboxylic acids is 1. The molecule has 0 aromatic heterocycles. The summed E-state index contributed by atoms with van der Waals surface area (Å²) in [6, 6.07) is 16.0. The first kappa shape index (κ1) is 25.5. The molecule has 0 radical (unpaired) electrons. The second-order valence-corrected chi connectivity index (χ2v) is 10.3. The van der Waals surface area contributed by atoms with Gasteiger partial charge in [-0.15, -0.1) is 0 Å². The number of hydrogen-bond acceptors (Lipinski definition) is 6. The van der Waals surface area contributed by atoms with Crippen LogP contribution in [0.3, 0.4) is 0 Å². The third kappa shape index (κ3) is 5.29. The largest absolute Gasteiger partial charge is 0.497 e. The highest BCUT2D eigenvalue weighted by atomic mass is 32.2. The van der Waals surface area contributed by atoms with E-state index < -0.39 is 21.7 Å². The van der Waals surface area contributed by atoms with Gasteiger partial charge in [-0.05, 0) is 67.1 Å². The zero-order valence-corrected chi connectivity index (χ0v) is 21.1. The number of methoxy groups -OCH3 is 2. The van der Waals surface area contributed by atoms with Crippen molar-refractivity contribution in [2.24, 2.45) is 0 Å². The lowest BCUT2D eigenvalue weighted by Crippen LogP contribution is -2.48. The Balaban J connectivity index is 1.50. The Morgan fingerprint density at radius 2 is 1.61 bits per heavy atom. The Hall–Kier alpha value is -3.63. The summed E-state index contributed by atoms with van der Waals surface area (Å²) in [6.07, 6.45) is 0. The normalized spacial score (nSPS) is 14.4. The van der Waals surface area contributed by atoms with Gasteiger partial charge in [-0.3, -0.25) is 4.79 Å². The van der Waals surface area contributed by atoms with Crippen LogP contribution in [-0.2, 0) is 10.0 Å². The third-order valence-electron chi connectivity index (χ3n) is 6.10. The van der Waals surface area contributed by atoms with Gasteiger partial charge in [0.25, 0.3) is 5.91 Å². The van der Waals surface area contributed by atoms with E-state index in [0.29, 0.717) is 24.5 Å². The molecule has 10 heteroatoms. The van der Waals surface area contributed by atoms with E-state index in [0.717, 1.165) is 29.1 Å². The molecule has 0 spiro atoms. The molecule has 190 valence electrons. The summed E-state index contributed by atoms with van der Waals surface area (Å²) in [5.74, 6) is -0.426. The van der Waals surface area contributed by atoms with Crippen molar-refractivity contribution in [3.05, 3.63) is 77.6 Å². The molecule has 1 heterocycles. The van der Waals surface area contributed by atoms with Crippen LogP contribution < -0.4 is 19.7 Å². The van der Waals surface area contributed by atoms with Crippen molar-refractivity contribution < 1.29 is 27.1 Å². The Morgan fingerprint density at radius 1 is 0.917 bits per heavy atom. The number of anilines is 2. The summed E-state index contributed by atoms with van der Waals surface area (Å²) in [5.41, 5.74) is 1.85. The number of halogens is 1. The number of aryl methyl sites for hydroxylation is 1. The SMILES string of the molecule is COc1ccc(N2CCN(S(=O)(=O)c3ccc(F)c(C(=O)Nc4cc(C)ccc4OC)c3)CC2)cc1. The summed E-state index contributed by atoms with van der Waals surface area (Å²) in [7, 11) is -0.868. The van der Waals surface area contributed by atoms with E-state index in [-0.39, 0.29) is 23.5 Å². The van der Waals surface area contributed by atoms with Gasteiger partial charge < -0.3 is 19.7 Å². The van der Waals surface area contributed by atoms with Gasteiger partial charge in [0.1, 0.15) is 17.3 Å². The van der Waals surface area contributed by atoms with Crippen LogP contribution >= 0.6 is 0 Å². The highest BCUT2D eigenvalue weighted by Crippen LogP contribution is 2.28. The summed E-state index contributed by atoms with van der Waals surface area (Å²) in [4.78, 5) is 14.8. The number of carbonyl (C=O) groups is 1. The number of hydrogen-bond donors (Lipinski definition) is 1. The molecule has 1 amide bonds. The van der Waals surface area contributed by atoms with E-state index in [2.05, 4.69) is 10.2 Å². The lowest BCUT2D eigenvalue weighted by Gasteiger charge is -2.35. The molecule has 0 bridgehead atoms. The van der Waals surface area contributed by atoms with Crippen molar-refractivity contribution >= 4 is 27.3 Å². The van der Waals surface area contributed by atoms with Crippen molar-refractivity contribution in [1.29, 1.82) is 0 Å². The number of nitrogens with zero attached hydrogens (tertiary/aromatic N) is 2. The van der Waals surface area contributed by atoms with Gasteiger partial charge in [-0.1, -0.05) is 6.07 Å². The molecule has 0 saturated carbocycles. The predicted octanol–water partition coefficient (Wildman–Crippen LogP) is 3.91. The molecular formula is C26H28FN3O5S. The highest BCUT2D eigenvalue weighted by molar-refractivity contribution is 7.89. The average Bonchev–Trinajstić information content (AvgIpc) is 2.89. The van der Waals surface area contributed by atoms with E-state index >= 15 is 0 Å². The molecule has 0 aliphatic carbocycles. The van der Waals surface area contributed by atoms with Crippen LogP contribution in [0.2, 0.25) is 0 Å². The van der Waals surface area contributed by atoms with Gasteiger partial charge in [0, 0.05) is 31.9 Å². The molecule has 3 aromatic rings. The molecule has 1 fully saturated rings. The molecule has 36 heavy (non-hydrogen) atoms. The van der Waals surface area contributed by atoms with E-state index in [1.165, 1.54) is 17.5 Å². The zero-order valence-electron chi connectivity index (χ0n) is 20.3. The van der Waals surface area contributed by atoms with Gasteiger partial charge in [0.05, 0.1) is 30.4 Å². The van der Waals surface area contributed by atoms with Crippen LogP contribution in [0, 0.1) is 12.7 Å². The fourth-order valence-electron chi connectivity index (χ4n) is 4.08. The number of benzene rings is 3. The van der Waals surface area contributed by atoms with Crippen molar-refractivity contribution in [2.45, 2.75) is 11.8 Å². The van der Waals surface area contributed by atoms with Gasteiger partial charge in [0.15, 0.2) is 0 Å². The molecule has 1 N–H and O–H groups in total. The second kappa shape index (κ2) is 10.5. The van der Waals surface area contributed by atoms with E-state index in [1.54, 1.807) is 19.2 Å². The number of rotatable bonds is 7. The first-order valence-corrected chi connectivity index (χ1v) is 12.8. The molecule has 0 atom stereocenters. The lowest BCUT2D eigenvalue weighted by atomic mass is 10.1. The molecule has 0 unspecified atom stereocenters. The second-order valence-electron chi connectivity index (χ2n) is 8.39. The Labute approximate surface area is 210 Å². The maximum absolute atomic E-state index is 14.6. The Kier molecular flexibility index (Phi) is 7.46. The zero-order chi connectivity index (χ0) is 25.9. The van der Waals surface area contributed by atoms with Crippen molar-refractivity contribution in [3.8, 4) is 11.5 Å². The average molecular weight is 514 g/mol. The number of nitrogens with one attached hydrogen (secondary N) is 1. The van der Waals surface area contributed by atoms with Gasteiger partial charge in [-0.2, -0.15) is 4.31 Å². The number of piperazine rings is 1. The molecule has 3 aromatic carbocycles. The smallest absolute Gasteiger partial charge is 0.258 e. The summed E-state index contributed by atoms with van der Waals surface area (Å²) >= 11 is 0. The number of sulfonamides is 1. The monoisotopic (exact) mass is 513 g/mol. The van der Waals surface area contributed by atoms with Crippen LogP contribution in [0.4, 0.5) is 15.8 Å². The quantitative estimate of drug-likeness (QED) is 0.515. The lowest BCUT2D eigenvalue weighted by molar-refractivity contribution is 0.102. The maximum atomic E-state index is 14.6. The minimum Gasteiger partial charge on any atom is -0.497 e. The van der Waals surface area contributed by atoms with Crippen LogP contribution in [-0.4, -0.2) is 59.0 Å². The summed E-state index contributed by atoms with van der Waals surface area (Å²) in [6.45, 7) is 3.35. The van der Waals surface area contributed by atoms with Crippen LogP contribution in [0.15, 0.2) is 65.6 Å². The van der Waals surface area contributed by atoms with Gasteiger partial charge >= 0.3 is 0 Å². The minimum atomic E-state index is -3.93. The van der Waals surface area contributed by atoms with Crippen molar-refractivity contribution in [1.82, 2.24) is 4.31 Å². The minimum absolute atomic E-state index is 0.136. The molecular weight excluding hydrogens is 485 g/mol. The molecule has 8 nitrogen and oxygen atoms in total. The molecule has 4 rings (SSSR count). The molecule has 1 saturated heterocycles. The fourth-order valence-corrected chi connectivity index (χ4v) is 5.53. The van der Waals surface area contributed by atoms with E-state index in [4.69, 9.17) is 9.47 Å². The number of ether oxygens (including phenoxy) is 2. The maximum Gasteiger partial charge on any atom is 0.258 e. The van der Waals surface area contributed by atoms with Crippen molar-refractivity contribution in [2.75, 3.05) is 50.6 Å². The Bertz CT molecular complexity index is 1350. The summed E-state index contributed by atoms with van der Waals surface area (Å²) < 4.78 is 53.0. The Morgan fingerprint density at radius 3 is 2.25 bits per heavy atom. The topological polar surface area (TPSA) is 88.2 Å². The third-order valence-corrected chi connectivity index (χ3v) is 7.99. The standard InChI is InChI=1S/C26H28FN3O5S/c1-18-4-11-25(35-3)24(16-18)28-26(31)22-17-21(9-10-23(22)27)36(32,33)30-14-12-29(13-15-30)19-5-7-20(34-2)8-6-19/h4-11,16-17H,12-15H2,1-3H3,(H,28,31). The fraction of sp³-hybridized carbons (Fsp3) is 0.269. The van der Waals surface area contributed by atoms with Crippen LogP contribution in [0.1, 0.15) is 15.9 Å². The van der Waals surface area contributed by atoms with Gasteiger partial charge in [-0.25, -0.2) is 12.8 Å². The van der Waals surface area contributed by atoms with Crippen LogP contribution in [0.25, 0.3) is 0 Å². The molecule has 1 aliphatic heterocycles. The predicted molar refractivity (Wildman–Crippen MR) is 136 cm³/mol. The van der Waals surface area contributed by atoms with E-state index in [9.17, 15) is 17.6 Å². The first-order valence-electron chi connectivity index (χ1n) is 11.4. The van der Waals surface area contributed by atoms with Crippen molar-refractivity contribution in [3.63, 3.8) is 0 Å². The number of amides is 1. The first-order chi connectivity index (χ1) is 17.2.